The standard InChI is InChI=1S/C11H13ClFNO2/c1-2-16-11(15)10(14)6-7-5-8(12)3-4-9(7)13/h3-5,10H,2,6,14H2,1H3/t10-/m0/s1. The van der Waals surface area contributed by atoms with Crippen molar-refractivity contribution in [3.63, 3.8) is 0 Å². The number of esters is 1. The number of hydrogen-bond acceptors (Lipinski definition) is 3. The van der Waals surface area contributed by atoms with E-state index in [1.807, 2.05) is 0 Å². The molecule has 0 heterocycles. The Morgan fingerprint density at radius 3 is 2.94 bits per heavy atom. The number of carbonyl (C=O) groups is 1. The van der Waals surface area contributed by atoms with Gasteiger partial charge in [0.15, 0.2) is 0 Å². The Kier molecular flexibility index (Phi) is 4.71. The highest BCUT2D eigenvalue weighted by atomic mass is 35.5. The van der Waals surface area contributed by atoms with Gasteiger partial charge in [-0.2, -0.15) is 0 Å². The quantitative estimate of drug-likeness (QED) is 0.825. The molecule has 0 radical (unpaired) electrons. The second-order valence-corrected chi connectivity index (χ2v) is 3.73. The SMILES string of the molecule is CCOC(=O)[C@@H](N)Cc1cc(Cl)ccc1F. The molecule has 1 atom stereocenters. The van der Waals surface area contributed by atoms with Crippen molar-refractivity contribution in [2.24, 2.45) is 5.73 Å². The highest BCUT2D eigenvalue weighted by Gasteiger charge is 2.17. The van der Waals surface area contributed by atoms with Crippen molar-refractivity contribution >= 4 is 17.6 Å². The molecule has 0 aliphatic carbocycles. The molecule has 1 aromatic carbocycles. The van der Waals surface area contributed by atoms with E-state index in [1.165, 1.54) is 18.2 Å². The van der Waals surface area contributed by atoms with Crippen LogP contribution in [0.1, 0.15) is 12.5 Å². The summed E-state index contributed by atoms with van der Waals surface area (Å²) in [6.07, 6.45) is 0.0746. The molecule has 0 saturated carbocycles. The van der Waals surface area contributed by atoms with Gasteiger partial charge in [-0.1, -0.05) is 11.6 Å². The van der Waals surface area contributed by atoms with Crippen LogP contribution in [-0.4, -0.2) is 18.6 Å². The lowest BCUT2D eigenvalue weighted by atomic mass is 10.1. The highest BCUT2D eigenvalue weighted by Crippen LogP contribution is 2.16. The molecule has 0 aliphatic heterocycles. The summed E-state index contributed by atoms with van der Waals surface area (Å²) in [5, 5.41) is 0.410. The maximum absolute atomic E-state index is 13.3. The van der Waals surface area contributed by atoms with Gasteiger partial charge < -0.3 is 10.5 Å². The van der Waals surface area contributed by atoms with Crippen LogP contribution < -0.4 is 5.73 Å². The highest BCUT2D eigenvalue weighted by molar-refractivity contribution is 6.30. The molecule has 1 rings (SSSR count). The van der Waals surface area contributed by atoms with Crippen LogP contribution in [0.2, 0.25) is 5.02 Å². The first-order valence-electron chi connectivity index (χ1n) is 4.90. The summed E-state index contributed by atoms with van der Waals surface area (Å²) in [4.78, 5) is 11.2. The molecule has 0 saturated heterocycles. The summed E-state index contributed by atoms with van der Waals surface area (Å²) in [6.45, 7) is 1.94. The van der Waals surface area contributed by atoms with E-state index in [0.29, 0.717) is 10.6 Å². The zero-order chi connectivity index (χ0) is 12.1. The molecule has 0 unspecified atom stereocenters. The molecule has 0 aliphatic rings. The van der Waals surface area contributed by atoms with Crippen LogP contribution in [0.3, 0.4) is 0 Å². The second-order valence-electron chi connectivity index (χ2n) is 3.30. The molecular weight excluding hydrogens is 233 g/mol. The number of hydrogen-bond donors (Lipinski definition) is 1. The van der Waals surface area contributed by atoms with E-state index in [9.17, 15) is 9.18 Å². The van der Waals surface area contributed by atoms with Gasteiger partial charge in [0, 0.05) is 11.4 Å². The molecule has 3 nitrogen and oxygen atoms in total. The number of halogens is 2. The maximum atomic E-state index is 13.3. The fourth-order valence-electron chi connectivity index (χ4n) is 1.27. The fraction of sp³-hybridized carbons (Fsp3) is 0.364. The molecule has 0 aromatic heterocycles. The monoisotopic (exact) mass is 245 g/mol. The number of ether oxygens (including phenoxy) is 1. The summed E-state index contributed by atoms with van der Waals surface area (Å²) >= 11 is 5.72. The Balaban J connectivity index is 2.72. The van der Waals surface area contributed by atoms with E-state index in [1.54, 1.807) is 6.92 Å². The third-order valence-corrected chi connectivity index (χ3v) is 2.27. The van der Waals surface area contributed by atoms with Crippen molar-refractivity contribution < 1.29 is 13.9 Å². The second kappa shape index (κ2) is 5.82. The fourth-order valence-corrected chi connectivity index (χ4v) is 1.46. The van der Waals surface area contributed by atoms with Crippen LogP contribution in [0.15, 0.2) is 18.2 Å². The summed E-state index contributed by atoms with van der Waals surface area (Å²) in [7, 11) is 0. The van der Waals surface area contributed by atoms with Crippen LogP contribution in [0, 0.1) is 5.82 Å². The van der Waals surface area contributed by atoms with Crippen molar-refractivity contribution in [3.05, 3.63) is 34.6 Å². The lowest BCUT2D eigenvalue weighted by molar-refractivity contribution is -0.144. The Bertz CT molecular complexity index is 384. The summed E-state index contributed by atoms with van der Waals surface area (Å²) in [6, 6.07) is 3.27. The van der Waals surface area contributed by atoms with Gasteiger partial charge in [0.25, 0.3) is 0 Å². The van der Waals surface area contributed by atoms with Crippen LogP contribution in [0.25, 0.3) is 0 Å². The van der Waals surface area contributed by atoms with Gasteiger partial charge in [-0.15, -0.1) is 0 Å². The van der Waals surface area contributed by atoms with E-state index < -0.39 is 17.8 Å². The topological polar surface area (TPSA) is 52.3 Å². The Morgan fingerprint density at radius 1 is 1.62 bits per heavy atom. The van der Waals surface area contributed by atoms with Crippen LogP contribution in [0.4, 0.5) is 4.39 Å². The predicted octanol–water partition coefficient (Wildman–Crippen LogP) is 1.91. The number of benzene rings is 1. The van der Waals surface area contributed by atoms with Crippen molar-refractivity contribution in [1.29, 1.82) is 0 Å². The number of nitrogens with two attached hydrogens (primary N) is 1. The molecule has 0 spiro atoms. The van der Waals surface area contributed by atoms with Gasteiger partial charge in [0.2, 0.25) is 0 Å². The molecular formula is C11H13ClFNO2. The van der Waals surface area contributed by atoms with E-state index >= 15 is 0 Å². The summed E-state index contributed by atoms with van der Waals surface area (Å²) in [5.74, 6) is -0.967. The Morgan fingerprint density at radius 2 is 2.31 bits per heavy atom. The lowest BCUT2D eigenvalue weighted by Gasteiger charge is -2.11. The number of carbonyl (C=O) groups excluding carboxylic acids is 1. The molecule has 5 heteroatoms. The van der Waals surface area contributed by atoms with Gasteiger partial charge >= 0.3 is 5.97 Å². The Labute approximate surface area is 98.3 Å². The molecule has 16 heavy (non-hydrogen) atoms. The predicted molar refractivity (Wildman–Crippen MR) is 59.7 cm³/mol. The largest absolute Gasteiger partial charge is 0.465 e. The van der Waals surface area contributed by atoms with Crippen LogP contribution >= 0.6 is 11.6 Å². The first-order valence-corrected chi connectivity index (χ1v) is 5.28. The molecule has 0 fully saturated rings. The van der Waals surface area contributed by atoms with Gasteiger partial charge in [-0.25, -0.2) is 4.39 Å². The van der Waals surface area contributed by atoms with Crippen molar-refractivity contribution in [2.75, 3.05) is 6.61 Å². The molecule has 0 amide bonds. The zero-order valence-corrected chi connectivity index (χ0v) is 9.63. The third-order valence-electron chi connectivity index (χ3n) is 2.04. The normalized spacial score (nSPS) is 12.2. The Hall–Kier alpha value is -1.13. The summed E-state index contributed by atoms with van der Waals surface area (Å²) in [5.41, 5.74) is 5.88. The van der Waals surface area contributed by atoms with Crippen LogP contribution in [-0.2, 0) is 16.0 Å². The van der Waals surface area contributed by atoms with Crippen LogP contribution in [0.5, 0.6) is 0 Å². The first kappa shape index (κ1) is 12.9. The smallest absolute Gasteiger partial charge is 0.323 e. The third kappa shape index (κ3) is 3.47. The minimum absolute atomic E-state index is 0.0746. The lowest BCUT2D eigenvalue weighted by Crippen LogP contribution is -2.34. The van der Waals surface area contributed by atoms with E-state index in [-0.39, 0.29) is 13.0 Å². The minimum Gasteiger partial charge on any atom is -0.465 e. The average molecular weight is 246 g/mol. The van der Waals surface area contributed by atoms with Gasteiger partial charge in [0.05, 0.1) is 6.61 Å². The van der Waals surface area contributed by atoms with Gasteiger partial charge in [-0.3, -0.25) is 4.79 Å². The molecule has 2 N–H and O–H groups in total. The molecule has 88 valence electrons. The van der Waals surface area contributed by atoms with E-state index in [0.717, 1.165) is 0 Å². The van der Waals surface area contributed by atoms with E-state index in [2.05, 4.69) is 0 Å². The summed E-state index contributed by atoms with van der Waals surface area (Å²) < 4.78 is 18.0. The van der Waals surface area contributed by atoms with Crippen molar-refractivity contribution in [3.8, 4) is 0 Å². The molecule has 0 bridgehead atoms. The zero-order valence-electron chi connectivity index (χ0n) is 8.87. The van der Waals surface area contributed by atoms with Gasteiger partial charge in [0.1, 0.15) is 11.9 Å². The molecule has 1 aromatic rings. The van der Waals surface area contributed by atoms with Gasteiger partial charge in [-0.05, 0) is 30.7 Å². The first-order chi connectivity index (χ1) is 7.54. The maximum Gasteiger partial charge on any atom is 0.323 e. The van der Waals surface area contributed by atoms with E-state index in [4.69, 9.17) is 22.1 Å². The number of rotatable bonds is 4. The van der Waals surface area contributed by atoms with Crippen molar-refractivity contribution in [2.45, 2.75) is 19.4 Å². The van der Waals surface area contributed by atoms with Crippen molar-refractivity contribution in [1.82, 2.24) is 0 Å². The minimum atomic E-state index is -0.868. The average Bonchev–Trinajstić information content (AvgIpc) is 2.23.